The highest BCUT2D eigenvalue weighted by atomic mass is 16.6. The highest BCUT2D eigenvalue weighted by molar-refractivity contribution is 5.99. The van der Waals surface area contributed by atoms with Gasteiger partial charge in [-0.05, 0) is 38.0 Å². The van der Waals surface area contributed by atoms with E-state index in [1.807, 2.05) is 24.8 Å². The molecule has 1 aliphatic rings. The number of hydrogen-bond acceptors (Lipinski definition) is 6. The van der Waals surface area contributed by atoms with Crippen molar-refractivity contribution in [2.45, 2.75) is 33.7 Å². The smallest absolute Gasteiger partial charge is 0.289 e. The highest BCUT2D eigenvalue weighted by Crippen LogP contribution is 2.27. The quantitative estimate of drug-likeness (QED) is 0.705. The van der Waals surface area contributed by atoms with Gasteiger partial charge < -0.3 is 9.32 Å². The molecule has 1 aliphatic heterocycles. The number of amides is 1. The molecule has 142 valence electrons. The van der Waals surface area contributed by atoms with Crippen molar-refractivity contribution in [1.29, 1.82) is 0 Å². The Labute approximate surface area is 157 Å². The Morgan fingerprint density at radius 3 is 2.59 bits per heavy atom. The lowest BCUT2D eigenvalue weighted by Gasteiger charge is -2.33. The van der Waals surface area contributed by atoms with Crippen LogP contribution in [0.3, 0.4) is 0 Å². The minimum atomic E-state index is -0.0271. The summed E-state index contributed by atoms with van der Waals surface area (Å²) in [6, 6.07) is 6.14. The minimum Gasteiger partial charge on any atom is -0.451 e. The molecule has 7 nitrogen and oxygen atoms in total. The first-order chi connectivity index (χ1) is 13.1. The normalized spacial score (nSPS) is 15.6. The number of benzene rings is 1. The van der Waals surface area contributed by atoms with Crippen molar-refractivity contribution in [3.63, 3.8) is 0 Å². The van der Waals surface area contributed by atoms with Crippen LogP contribution in [0, 0.1) is 13.8 Å². The lowest BCUT2D eigenvalue weighted by atomic mass is 10.1. The van der Waals surface area contributed by atoms with E-state index in [-0.39, 0.29) is 5.91 Å². The zero-order chi connectivity index (χ0) is 19.0. The van der Waals surface area contributed by atoms with Crippen molar-refractivity contribution < 1.29 is 13.8 Å². The van der Waals surface area contributed by atoms with E-state index in [4.69, 9.17) is 9.05 Å². The molecule has 27 heavy (non-hydrogen) atoms. The number of hydrogen-bond donors (Lipinski definition) is 0. The van der Waals surface area contributed by atoms with E-state index in [2.05, 4.69) is 34.3 Å². The maximum atomic E-state index is 13.0. The largest absolute Gasteiger partial charge is 0.451 e. The van der Waals surface area contributed by atoms with Gasteiger partial charge in [-0.1, -0.05) is 23.3 Å². The zero-order valence-electron chi connectivity index (χ0n) is 16.0. The summed E-state index contributed by atoms with van der Waals surface area (Å²) in [6.45, 7) is 9.59. The number of nitrogens with zero attached hydrogens (tertiary/aromatic N) is 4. The number of fused-ring (bicyclic) bond motifs is 1. The lowest BCUT2D eigenvalue weighted by Crippen LogP contribution is -2.48. The zero-order valence-corrected chi connectivity index (χ0v) is 16.0. The van der Waals surface area contributed by atoms with Crippen molar-refractivity contribution in [3.8, 4) is 0 Å². The summed E-state index contributed by atoms with van der Waals surface area (Å²) in [5.41, 5.74) is 4.63. The number of aromatic nitrogens is 2. The molecule has 0 spiro atoms. The number of carbonyl (C=O) groups is 1. The average molecular weight is 368 g/mol. The summed E-state index contributed by atoms with van der Waals surface area (Å²) < 4.78 is 10.7. The van der Waals surface area contributed by atoms with Crippen LogP contribution in [0.25, 0.3) is 11.0 Å². The number of piperazine rings is 1. The number of aryl methyl sites for hydroxylation is 3. The van der Waals surface area contributed by atoms with Crippen LogP contribution in [0.2, 0.25) is 0 Å². The lowest BCUT2D eigenvalue weighted by molar-refractivity contribution is 0.0596. The number of carbonyl (C=O) groups excluding carboxylic acids is 1. The SMILES string of the molecule is CCc1ccc2oc(C(=O)N3CCN(Cc4nonc4C)CC3)c(C)c2c1. The van der Waals surface area contributed by atoms with Crippen molar-refractivity contribution in [2.24, 2.45) is 0 Å². The van der Waals surface area contributed by atoms with Gasteiger partial charge in [0.15, 0.2) is 5.76 Å². The van der Waals surface area contributed by atoms with E-state index in [1.165, 1.54) is 5.56 Å². The van der Waals surface area contributed by atoms with Crippen LogP contribution >= 0.6 is 0 Å². The molecule has 3 aromatic rings. The molecule has 0 N–H and O–H groups in total. The van der Waals surface area contributed by atoms with E-state index >= 15 is 0 Å². The van der Waals surface area contributed by atoms with E-state index in [1.54, 1.807) is 0 Å². The van der Waals surface area contributed by atoms with Crippen LogP contribution < -0.4 is 0 Å². The summed E-state index contributed by atoms with van der Waals surface area (Å²) in [7, 11) is 0. The third kappa shape index (κ3) is 3.35. The van der Waals surface area contributed by atoms with Gasteiger partial charge in [0, 0.05) is 43.7 Å². The molecule has 4 rings (SSSR count). The first kappa shape index (κ1) is 17.7. The van der Waals surface area contributed by atoms with Crippen LogP contribution in [0.1, 0.15) is 40.0 Å². The molecule has 2 aromatic heterocycles. The fourth-order valence-electron chi connectivity index (χ4n) is 3.55. The molecule has 1 fully saturated rings. The first-order valence-corrected chi connectivity index (χ1v) is 9.38. The second-order valence-corrected chi connectivity index (χ2v) is 7.10. The Morgan fingerprint density at radius 1 is 1.15 bits per heavy atom. The van der Waals surface area contributed by atoms with Crippen molar-refractivity contribution in [3.05, 3.63) is 46.5 Å². The van der Waals surface area contributed by atoms with Crippen molar-refractivity contribution in [2.75, 3.05) is 26.2 Å². The summed E-state index contributed by atoms with van der Waals surface area (Å²) in [4.78, 5) is 17.1. The van der Waals surface area contributed by atoms with Gasteiger partial charge >= 0.3 is 0 Å². The molecule has 0 bridgehead atoms. The van der Waals surface area contributed by atoms with Crippen LogP contribution in [0.4, 0.5) is 0 Å². The highest BCUT2D eigenvalue weighted by Gasteiger charge is 2.27. The van der Waals surface area contributed by atoms with Crippen LogP contribution in [-0.4, -0.2) is 52.2 Å². The van der Waals surface area contributed by atoms with Gasteiger partial charge in [-0.25, -0.2) is 4.63 Å². The third-order valence-electron chi connectivity index (χ3n) is 5.38. The predicted octanol–water partition coefficient (Wildman–Crippen LogP) is 2.95. The van der Waals surface area contributed by atoms with E-state index in [0.29, 0.717) is 25.4 Å². The molecule has 0 unspecified atom stereocenters. The summed E-state index contributed by atoms with van der Waals surface area (Å²) in [5, 5.41) is 8.79. The Hall–Kier alpha value is -2.67. The van der Waals surface area contributed by atoms with Crippen LogP contribution in [0.5, 0.6) is 0 Å². The second kappa shape index (κ2) is 7.15. The van der Waals surface area contributed by atoms with E-state index in [9.17, 15) is 4.79 Å². The number of rotatable bonds is 4. The topological polar surface area (TPSA) is 75.6 Å². The summed E-state index contributed by atoms with van der Waals surface area (Å²) in [6.07, 6.45) is 0.965. The summed E-state index contributed by atoms with van der Waals surface area (Å²) >= 11 is 0. The maximum Gasteiger partial charge on any atom is 0.289 e. The first-order valence-electron chi connectivity index (χ1n) is 9.38. The molecule has 0 atom stereocenters. The van der Waals surface area contributed by atoms with Crippen LogP contribution in [-0.2, 0) is 13.0 Å². The molecule has 0 aliphatic carbocycles. The molecule has 1 amide bonds. The van der Waals surface area contributed by atoms with Gasteiger partial charge in [0.1, 0.15) is 17.0 Å². The molecule has 0 saturated carbocycles. The second-order valence-electron chi connectivity index (χ2n) is 7.10. The monoisotopic (exact) mass is 368 g/mol. The van der Waals surface area contributed by atoms with Gasteiger partial charge in [0.05, 0.1) is 0 Å². The fourth-order valence-corrected chi connectivity index (χ4v) is 3.55. The van der Waals surface area contributed by atoms with Crippen molar-refractivity contribution in [1.82, 2.24) is 20.1 Å². The minimum absolute atomic E-state index is 0.0271. The molecule has 3 heterocycles. The summed E-state index contributed by atoms with van der Waals surface area (Å²) in [5.74, 6) is 0.434. The Kier molecular flexibility index (Phi) is 4.70. The standard InChI is InChI=1S/C20H24N4O3/c1-4-15-5-6-18-16(11-15)13(2)19(26-18)20(25)24-9-7-23(8-10-24)12-17-14(3)21-27-22-17/h5-6,11H,4,7-10,12H2,1-3H3. The fraction of sp³-hybridized carbons (Fsp3) is 0.450. The third-order valence-corrected chi connectivity index (χ3v) is 5.38. The molecule has 1 aromatic carbocycles. The van der Waals surface area contributed by atoms with E-state index < -0.39 is 0 Å². The predicted molar refractivity (Wildman–Crippen MR) is 101 cm³/mol. The van der Waals surface area contributed by atoms with Crippen molar-refractivity contribution >= 4 is 16.9 Å². The number of furan rings is 1. The molecule has 1 saturated heterocycles. The molecule has 0 radical (unpaired) electrons. The van der Waals surface area contributed by atoms with Gasteiger partial charge in [0.2, 0.25) is 0 Å². The molecule has 7 heteroatoms. The van der Waals surface area contributed by atoms with Gasteiger partial charge in [-0.3, -0.25) is 9.69 Å². The van der Waals surface area contributed by atoms with Crippen LogP contribution in [0.15, 0.2) is 27.2 Å². The van der Waals surface area contributed by atoms with E-state index in [0.717, 1.165) is 47.4 Å². The molecular formula is C20H24N4O3. The van der Waals surface area contributed by atoms with Gasteiger partial charge in [-0.15, -0.1) is 0 Å². The maximum absolute atomic E-state index is 13.0. The Balaban J connectivity index is 1.45. The van der Waals surface area contributed by atoms with Gasteiger partial charge in [0.25, 0.3) is 5.91 Å². The van der Waals surface area contributed by atoms with Gasteiger partial charge in [-0.2, -0.15) is 0 Å². The molecular weight excluding hydrogens is 344 g/mol. The Morgan fingerprint density at radius 2 is 1.93 bits per heavy atom. The average Bonchev–Trinajstić information content (AvgIpc) is 3.24. The Bertz CT molecular complexity index is 967.